The van der Waals surface area contributed by atoms with Gasteiger partial charge in [0.15, 0.2) is 12.0 Å². The average molecular weight is 429 g/mol. The number of aromatic nitrogens is 2. The number of halogens is 1. The van der Waals surface area contributed by atoms with Gasteiger partial charge in [-0.2, -0.15) is 4.98 Å². The molecular weight excluding hydrogens is 413 g/mol. The Bertz CT molecular complexity index is 581. The van der Waals surface area contributed by atoms with Crippen LogP contribution >= 0.6 is 22.6 Å². The van der Waals surface area contributed by atoms with Gasteiger partial charge in [0.25, 0.3) is 11.6 Å². The van der Waals surface area contributed by atoms with Gasteiger partial charge in [-0.3, -0.25) is 9.78 Å². The van der Waals surface area contributed by atoms with Gasteiger partial charge in [0.2, 0.25) is 0 Å². The predicted octanol–water partition coefficient (Wildman–Crippen LogP) is -2.41. The van der Waals surface area contributed by atoms with Crippen molar-refractivity contribution in [2.45, 2.75) is 30.6 Å². The van der Waals surface area contributed by atoms with E-state index in [4.69, 9.17) is 14.6 Å². The summed E-state index contributed by atoms with van der Waals surface area (Å²) < 4.78 is 10.3. The van der Waals surface area contributed by atoms with E-state index in [1.807, 2.05) is 0 Å². The van der Waals surface area contributed by atoms with Crippen LogP contribution in [-0.4, -0.2) is 74.8 Å². The molecule has 11 heteroatoms. The van der Waals surface area contributed by atoms with Crippen LogP contribution in [0.1, 0.15) is 0 Å². The van der Waals surface area contributed by atoms with Gasteiger partial charge in [-0.05, 0) is 22.6 Å². The Morgan fingerprint density at radius 1 is 1.36 bits per heavy atom. The standard InChI is InChI=1S/C11H16IN3O7/c1-21-11-14-8(4(12)9(20)15-11)13-10-7(19)6(18)5(17)3(2-16)22-10/h3,5-7,10,16-19H,2H2,1H3,(H2,13,14,15,20)/t3-,5+,6+,7+,10-/m0/s1. The highest BCUT2D eigenvalue weighted by Crippen LogP contribution is 2.23. The van der Waals surface area contributed by atoms with Crippen LogP contribution in [0, 0.1) is 3.57 Å². The van der Waals surface area contributed by atoms with Crippen molar-refractivity contribution >= 4 is 28.4 Å². The van der Waals surface area contributed by atoms with Gasteiger partial charge in [0, 0.05) is 0 Å². The first-order valence-electron chi connectivity index (χ1n) is 6.30. The van der Waals surface area contributed by atoms with Gasteiger partial charge < -0.3 is 35.2 Å². The number of aliphatic hydroxyl groups excluding tert-OH is 4. The molecule has 10 nitrogen and oxygen atoms in total. The third-order valence-electron chi connectivity index (χ3n) is 3.21. The lowest BCUT2D eigenvalue weighted by Crippen LogP contribution is -2.60. The number of aromatic amines is 1. The summed E-state index contributed by atoms with van der Waals surface area (Å²) in [5, 5.41) is 41.2. The normalized spacial score (nSPS) is 31.8. The highest BCUT2D eigenvalue weighted by molar-refractivity contribution is 14.1. The second-order valence-electron chi connectivity index (χ2n) is 4.63. The van der Waals surface area contributed by atoms with Crippen LogP contribution in [-0.2, 0) is 4.74 Å². The van der Waals surface area contributed by atoms with E-state index in [2.05, 4.69) is 15.3 Å². The van der Waals surface area contributed by atoms with E-state index >= 15 is 0 Å². The number of anilines is 1. The molecule has 1 aromatic rings. The first-order chi connectivity index (χ1) is 10.4. The molecule has 0 aromatic carbocycles. The number of nitrogens with zero attached hydrogens (tertiary/aromatic N) is 1. The van der Waals surface area contributed by atoms with Crippen molar-refractivity contribution in [1.82, 2.24) is 9.97 Å². The number of aliphatic hydroxyl groups is 4. The minimum atomic E-state index is -1.52. The Labute approximate surface area is 138 Å². The first-order valence-corrected chi connectivity index (χ1v) is 7.37. The summed E-state index contributed by atoms with van der Waals surface area (Å²) in [6.45, 7) is -0.549. The van der Waals surface area contributed by atoms with E-state index in [9.17, 15) is 20.1 Å². The molecule has 6 N–H and O–H groups in total. The van der Waals surface area contributed by atoms with Crippen molar-refractivity contribution in [1.29, 1.82) is 0 Å². The molecule has 0 unspecified atom stereocenters. The Hall–Kier alpha value is -0.990. The smallest absolute Gasteiger partial charge is 0.298 e. The van der Waals surface area contributed by atoms with E-state index in [0.717, 1.165) is 0 Å². The van der Waals surface area contributed by atoms with Crippen LogP contribution in [0.2, 0.25) is 0 Å². The van der Waals surface area contributed by atoms with E-state index in [-0.39, 0.29) is 15.4 Å². The zero-order valence-corrected chi connectivity index (χ0v) is 13.6. The molecule has 2 heterocycles. The Kier molecular flexibility index (Phi) is 5.57. The Morgan fingerprint density at radius 2 is 2.05 bits per heavy atom. The van der Waals surface area contributed by atoms with Gasteiger partial charge in [-0.1, -0.05) is 0 Å². The fourth-order valence-corrected chi connectivity index (χ4v) is 2.40. The summed E-state index contributed by atoms with van der Waals surface area (Å²) in [5.74, 6) is 0.0746. The molecule has 22 heavy (non-hydrogen) atoms. The molecule has 1 aromatic heterocycles. The molecule has 0 saturated carbocycles. The van der Waals surface area contributed by atoms with Crippen LogP contribution in [0.4, 0.5) is 5.82 Å². The molecule has 1 saturated heterocycles. The third-order valence-corrected chi connectivity index (χ3v) is 4.21. The summed E-state index contributed by atoms with van der Waals surface area (Å²) in [6.07, 6.45) is -6.70. The van der Waals surface area contributed by atoms with Crippen molar-refractivity contribution in [3.8, 4) is 6.01 Å². The highest BCUT2D eigenvalue weighted by Gasteiger charge is 2.43. The fraction of sp³-hybridized carbons (Fsp3) is 0.636. The highest BCUT2D eigenvalue weighted by atomic mass is 127. The van der Waals surface area contributed by atoms with Gasteiger partial charge in [0.05, 0.1) is 13.7 Å². The predicted molar refractivity (Wildman–Crippen MR) is 81.5 cm³/mol. The minimum absolute atomic E-state index is 0.0440. The van der Waals surface area contributed by atoms with Crippen LogP contribution in [0.15, 0.2) is 4.79 Å². The second kappa shape index (κ2) is 7.06. The maximum atomic E-state index is 11.7. The fourth-order valence-electron chi connectivity index (χ4n) is 1.99. The van der Waals surface area contributed by atoms with Crippen LogP contribution in [0.3, 0.4) is 0 Å². The lowest BCUT2D eigenvalue weighted by molar-refractivity contribution is -0.221. The SMILES string of the molecule is COc1nc(N[C@H]2O[C@@H](CO)[C@@H](O)[C@@H](O)[C@H]2O)c(I)c(=O)[nH]1. The Morgan fingerprint density at radius 3 is 2.64 bits per heavy atom. The number of H-pyrrole nitrogens is 1. The summed E-state index contributed by atoms with van der Waals surface area (Å²) in [5.41, 5.74) is -0.459. The zero-order valence-electron chi connectivity index (χ0n) is 11.4. The maximum absolute atomic E-state index is 11.7. The molecule has 1 fully saturated rings. The first kappa shape index (κ1) is 17.4. The molecule has 0 aliphatic carbocycles. The second-order valence-corrected chi connectivity index (χ2v) is 5.71. The van der Waals surface area contributed by atoms with Crippen molar-refractivity contribution in [2.75, 3.05) is 19.0 Å². The van der Waals surface area contributed by atoms with Gasteiger partial charge in [-0.25, -0.2) is 0 Å². The summed E-state index contributed by atoms with van der Waals surface area (Å²) in [6, 6.07) is -0.0440. The number of rotatable bonds is 4. The quantitative estimate of drug-likeness (QED) is 0.287. The molecule has 0 amide bonds. The molecule has 1 aliphatic rings. The van der Waals surface area contributed by atoms with Crippen molar-refractivity contribution in [3.63, 3.8) is 0 Å². The van der Waals surface area contributed by atoms with Crippen molar-refractivity contribution < 1.29 is 29.9 Å². The van der Waals surface area contributed by atoms with Crippen molar-refractivity contribution in [2.24, 2.45) is 0 Å². The third kappa shape index (κ3) is 3.33. The minimum Gasteiger partial charge on any atom is -0.468 e. The molecule has 1 aliphatic heterocycles. The van der Waals surface area contributed by atoms with E-state index in [1.54, 1.807) is 22.6 Å². The molecule has 5 atom stereocenters. The average Bonchev–Trinajstić information content (AvgIpc) is 2.51. The van der Waals surface area contributed by atoms with Crippen molar-refractivity contribution in [3.05, 3.63) is 13.9 Å². The van der Waals surface area contributed by atoms with Gasteiger partial charge in [-0.15, -0.1) is 0 Å². The maximum Gasteiger partial charge on any atom is 0.298 e. The molecular formula is C11H16IN3O7. The molecule has 2 rings (SSSR count). The topological polar surface area (TPSA) is 157 Å². The number of hydrogen-bond donors (Lipinski definition) is 6. The number of ether oxygens (including phenoxy) is 2. The number of nitrogens with one attached hydrogen (secondary N) is 2. The largest absolute Gasteiger partial charge is 0.468 e. The summed E-state index contributed by atoms with van der Waals surface area (Å²) in [4.78, 5) is 18.1. The van der Waals surface area contributed by atoms with E-state index in [1.165, 1.54) is 7.11 Å². The number of methoxy groups -OCH3 is 1. The summed E-state index contributed by atoms with van der Waals surface area (Å²) >= 11 is 1.74. The lowest BCUT2D eigenvalue weighted by atomic mass is 9.98. The zero-order chi connectivity index (χ0) is 16.4. The van der Waals surface area contributed by atoms with Gasteiger partial charge in [0.1, 0.15) is 28.0 Å². The van der Waals surface area contributed by atoms with Crippen LogP contribution in [0.25, 0.3) is 0 Å². The lowest BCUT2D eigenvalue weighted by Gasteiger charge is -2.40. The Balaban J connectivity index is 2.26. The molecule has 0 bridgehead atoms. The van der Waals surface area contributed by atoms with Crippen LogP contribution in [0.5, 0.6) is 6.01 Å². The van der Waals surface area contributed by atoms with E-state index in [0.29, 0.717) is 0 Å². The number of hydrogen-bond acceptors (Lipinski definition) is 9. The molecule has 0 spiro atoms. The monoisotopic (exact) mass is 429 g/mol. The van der Waals surface area contributed by atoms with Gasteiger partial charge >= 0.3 is 0 Å². The summed E-state index contributed by atoms with van der Waals surface area (Å²) in [7, 11) is 1.32. The molecule has 0 radical (unpaired) electrons. The van der Waals surface area contributed by atoms with E-state index < -0.39 is 42.8 Å². The molecule has 124 valence electrons. The van der Waals surface area contributed by atoms with Crippen LogP contribution < -0.4 is 15.6 Å².